The zero-order valence-corrected chi connectivity index (χ0v) is 13.0. The molecule has 7 heteroatoms. The van der Waals surface area contributed by atoms with Crippen LogP contribution in [0, 0.1) is 6.92 Å². The number of ether oxygens (including phenoxy) is 1. The number of nitrogens with one attached hydrogen (secondary N) is 2. The molecule has 0 fully saturated rings. The van der Waals surface area contributed by atoms with Crippen LogP contribution in [0.2, 0.25) is 5.02 Å². The predicted octanol–water partition coefficient (Wildman–Crippen LogP) is 4.30. The molecule has 1 amide bonds. The molecular formula is C16H15ClF2N2O2. The van der Waals surface area contributed by atoms with Crippen LogP contribution in [0.1, 0.15) is 5.56 Å². The predicted molar refractivity (Wildman–Crippen MR) is 86.4 cm³/mol. The minimum absolute atomic E-state index is 0.0330. The second-order valence-electron chi connectivity index (χ2n) is 4.72. The van der Waals surface area contributed by atoms with Gasteiger partial charge in [-0.25, -0.2) is 0 Å². The van der Waals surface area contributed by atoms with Crippen LogP contribution < -0.4 is 15.4 Å². The summed E-state index contributed by atoms with van der Waals surface area (Å²) in [5, 5.41) is 6.26. The number of carbonyl (C=O) groups excluding carboxylic acids is 1. The number of carbonyl (C=O) groups is 1. The number of amides is 1. The SMILES string of the molecule is Cc1c(Cl)cccc1NCC(=O)Nc1ccc(OC(F)F)cc1. The van der Waals surface area contributed by atoms with Gasteiger partial charge in [-0.2, -0.15) is 8.78 Å². The van der Waals surface area contributed by atoms with E-state index in [-0.39, 0.29) is 18.2 Å². The lowest BCUT2D eigenvalue weighted by Crippen LogP contribution is -2.22. The molecule has 0 heterocycles. The molecule has 0 unspecified atom stereocenters. The number of rotatable bonds is 6. The van der Waals surface area contributed by atoms with Crippen molar-refractivity contribution < 1.29 is 18.3 Å². The molecule has 0 saturated carbocycles. The Morgan fingerprint density at radius 1 is 1.22 bits per heavy atom. The maximum atomic E-state index is 12.0. The molecule has 122 valence electrons. The largest absolute Gasteiger partial charge is 0.435 e. The molecule has 0 aliphatic carbocycles. The molecule has 23 heavy (non-hydrogen) atoms. The van der Waals surface area contributed by atoms with Crippen molar-refractivity contribution in [2.24, 2.45) is 0 Å². The van der Waals surface area contributed by atoms with Crippen LogP contribution in [0.4, 0.5) is 20.2 Å². The summed E-state index contributed by atoms with van der Waals surface area (Å²) in [5.74, 6) is -0.238. The summed E-state index contributed by atoms with van der Waals surface area (Å²) >= 11 is 6.00. The van der Waals surface area contributed by atoms with Crippen molar-refractivity contribution in [2.45, 2.75) is 13.5 Å². The zero-order chi connectivity index (χ0) is 16.8. The van der Waals surface area contributed by atoms with Gasteiger partial charge in [0, 0.05) is 16.4 Å². The van der Waals surface area contributed by atoms with Gasteiger partial charge in [0.05, 0.1) is 6.54 Å². The number of halogens is 3. The molecule has 0 bridgehead atoms. The molecule has 4 nitrogen and oxygen atoms in total. The molecule has 2 aromatic carbocycles. The summed E-state index contributed by atoms with van der Waals surface area (Å²) in [4.78, 5) is 11.9. The summed E-state index contributed by atoms with van der Waals surface area (Å²) in [6.45, 7) is -0.971. The Labute approximate surface area is 137 Å². The number of hydrogen-bond donors (Lipinski definition) is 2. The molecule has 0 atom stereocenters. The number of hydrogen-bond acceptors (Lipinski definition) is 3. The van der Waals surface area contributed by atoms with Crippen LogP contribution in [0.3, 0.4) is 0 Å². The van der Waals surface area contributed by atoms with E-state index in [1.54, 1.807) is 12.1 Å². The smallest absolute Gasteiger partial charge is 0.387 e. The molecule has 2 rings (SSSR count). The van der Waals surface area contributed by atoms with Crippen molar-refractivity contribution >= 4 is 28.9 Å². The van der Waals surface area contributed by atoms with E-state index in [0.717, 1.165) is 11.3 Å². The molecule has 0 spiro atoms. The van der Waals surface area contributed by atoms with E-state index in [4.69, 9.17) is 11.6 Å². The highest BCUT2D eigenvalue weighted by atomic mass is 35.5. The first kappa shape index (κ1) is 17.0. The van der Waals surface area contributed by atoms with Gasteiger partial charge in [0.15, 0.2) is 0 Å². The number of alkyl halides is 2. The Balaban J connectivity index is 1.88. The maximum Gasteiger partial charge on any atom is 0.387 e. The molecule has 2 N–H and O–H groups in total. The monoisotopic (exact) mass is 340 g/mol. The van der Waals surface area contributed by atoms with Crippen molar-refractivity contribution in [2.75, 3.05) is 17.2 Å². The maximum absolute atomic E-state index is 12.0. The van der Waals surface area contributed by atoms with Crippen LogP contribution in [-0.4, -0.2) is 19.1 Å². The van der Waals surface area contributed by atoms with Crippen LogP contribution in [-0.2, 0) is 4.79 Å². The second-order valence-corrected chi connectivity index (χ2v) is 5.12. The third-order valence-corrected chi connectivity index (χ3v) is 3.48. The van der Waals surface area contributed by atoms with E-state index in [0.29, 0.717) is 10.7 Å². The van der Waals surface area contributed by atoms with Crippen LogP contribution in [0.5, 0.6) is 5.75 Å². The van der Waals surface area contributed by atoms with Crippen LogP contribution in [0.15, 0.2) is 42.5 Å². The van der Waals surface area contributed by atoms with Gasteiger partial charge in [0.2, 0.25) is 5.91 Å². The first-order valence-electron chi connectivity index (χ1n) is 6.79. The van der Waals surface area contributed by atoms with Gasteiger partial charge in [-0.3, -0.25) is 4.79 Å². The van der Waals surface area contributed by atoms with Crippen LogP contribution in [0.25, 0.3) is 0 Å². The highest BCUT2D eigenvalue weighted by molar-refractivity contribution is 6.31. The highest BCUT2D eigenvalue weighted by Crippen LogP contribution is 2.22. The van der Waals surface area contributed by atoms with Gasteiger partial charge in [0.1, 0.15) is 5.75 Å². The van der Waals surface area contributed by atoms with Crippen molar-refractivity contribution in [1.82, 2.24) is 0 Å². The molecule has 2 aromatic rings. The zero-order valence-electron chi connectivity index (χ0n) is 12.3. The lowest BCUT2D eigenvalue weighted by atomic mass is 10.2. The first-order valence-corrected chi connectivity index (χ1v) is 7.17. The fraction of sp³-hybridized carbons (Fsp3) is 0.188. The van der Waals surface area contributed by atoms with Crippen molar-refractivity contribution in [3.63, 3.8) is 0 Å². The highest BCUT2D eigenvalue weighted by Gasteiger charge is 2.07. The minimum atomic E-state index is -2.87. The third-order valence-electron chi connectivity index (χ3n) is 3.07. The van der Waals surface area contributed by atoms with Gasteiger partial charge in [0.25, 0.3) is 0 Å². The average Bonchev–Trinajstić information content (AvgIpc) is 2.50. The van der Waals surface area contributed by atoms with E-state index < -0.39 is 6.61 Å². The number of anilines is 2. The van der Waals surface area contributed by atoms with Crippen molar-refractivity contribution in [3.8, 4) is 5.75 Å². The van der Waals surface area contributed by atoms with Crippen molar-refractivity contribution in [3.05, 3.63) is 53.1 Å². The van der Waals surface area contributed by atoms with E-state index in [2.05, 4.69) is 15.4 Å². The van der Waals surface area contributed by atoms with Crippen LogP contribution >= 0.6 is 11.6 Å². The van der Waals surface area contributed by atoms with E-state index in [9.17, 15) is 13.6 Å². The quantitative estimate of drug-likeness (QED) is 0.824. The first-order chi connectivity index (χ1) is 11.0. The van der Waals surface area contributed by atoms with Gasteiger partial charge < -0.3 is 15.4 Å². The topological polar surface area (TPSA) is 50.4 Å². The standard InChI is InChI=1S/C16H15ClF2N2O2/c1-10-13(17)3-2-4-14(10)20-9-15(22)21-11-5-7-12(8-6-11)23-16(18)19/h2-8,16,20H,9H2,1H3,(H,21,22). The number of benzene rings is 2. The molecule has 0 aliphatic heterocycles. The molecular weight excluding hydrogens is 326 g/mol. The summed E-state index contributed by atoms with van der Waals surface area (Å²) in [7, 11) is 0. The summed E-state index contributed by atoms with van der Waals surface area (Å²) < 4.78 is 28.3. The van der Waals surface area contributed by atoms with E-state index in [1.807, 2.05) is 13.0 Å². The summed E-state index contributed by atoms with van der Waals surface area (Å²) in [6, 6.07) is 11.1. The Bertz CT molecular complexity index is 678. The molecule has 0 saturated heterocycles. The fourth-order valence-electron chi connectivity index (χ4n) is 1.90. The summed E-state index contributed by atoms with van der Waals surface area (Å²) in [6.07, 6.45) is 0. The Morgan fingerprint density at radius 3 is 2.57 bits per heavy atom. The normalized spacial score (nSPS) is 10.5. The second kappa shape index (κ2) is 7.78. The molecule has 0 aliphatic rings. The average molecular weight is 341 g/mol. The Morgan fingerprint density at radius 2 is 1.91 bits per heavy atom. The fourth-order valence-corrected chi connectivity index (χ4v) is 2.07. The third kappa shape index (κ3) is 5.10. The van der Waals surface area contributed by atoms with E-state index in [1.165, 1.54) is 24.3 Å². The summed E-state index contributed by atoms with van der Waals surface area (Å²) in [5.41, 5.74) is 2.12. The van der Waals surface area contributed by atoms with Gasteiger partial charge in [-0.15, -0.1) is 0 Å². The Kier molecular flexibility index (Phi) is 5.76. The van der Waals surface area contributed by atoms with E-state index >= 15 is 0 Å². The van der Waals surface area contributed by atoms with Gasteiger partial charge >= 0.3 is 6.61 Å². The van der Waals surface area contributed by atoms with Crippen molar-refractivity contribution in [1.29, 1.82) is 0 Å². The molecule has 0 aromatic heterocycles. The minimum Gasteiger partial charge on any atom is -0.435 e. The molecule has 0 radical (unpaired) electrons. The lowest BCUT2D eigenvalue weighted by molar-refractivity contribution is -0.114. The Hall–Kier alpha value is -2.34. The van der Waals surface area contributed by atoms with Gasteiger partial charge in [-0.1, -0.05) is 17.7 Å². The van der Waals surface area contributed by atoms with Gasteiger partial charge in [-0.05, 0) is 48.9 Å². The lowest BCUT2D eigenvalue weighted by Gasteiger charge is -2.11.